The van der Waals surface area contributed by atoms with Crippen molar-refractivity contribution in [3.63, 3.8) is 0 Å². The van der Waals surface area contributed by atoms with Gasteiger partial charge in [-0.15, -0.1) is 0 Å². The highest BCUT2D eigenvalue weighted by Crippen LogP contribution is 2.33. The van der Waals surface area contributed by atoms with Gasteiger partial charge in [-0.25, -0.2) is 4.98 Å². The molecule has 34 heavy (non-hydrogen) atoms. The first kappa shape index (κ1) is 22.7. The Morgan fingerprint density at radius 3 is 2.32 bits per heavy atom. The third kappa shape index (κ3) is 5.01. The summed E-state index contributed by atoms with van der Waals surface area (Å²) in [5, 5.41) is 27.8. The summed E-state index contributed by atoms with van der Waals surface area (Å²) >= 11 is 1.65. The van der Waals surface area contributed by atoms with E-state index in [4.69, 9.17) is 9.97 Å². The van der Waals surface area contributed by atoms with Crippen molar-refractivity contribution < 1.29 is 10.2 Å². The van der Waals surface area contributed by atoms with Gasteiger partial charge in [-0.2, -0.15) is 4.98 Å². The molecule has 5 rings (SSSR count). The number of nitrogens with one attached hydrogen (secondary N) is 2. The van der Waals surface area contributed by atoms with E-state index in [1.807, 2.05) is 60.7 Å². The van der Waals surface area contributed by atoms with Crippen LogP contribution in [0.5, 0.6) is 0 Å². The normalized spacial score (nSPS) is 17.7. The van der Waals surface area contributed by atoms with Gasteiger partial charge in [0.05, 0.1) is 24.3 Å². The minimum Gasteiger partial charge on any atom is -0.392 e. The maximum Gasteiger partial charge on any atom is 0.225 e. The molecule has 1 aliphatic rings. The molecule has 0 spiro atoms. The van der Waals surface area contributed by atoms with Crippen LogP contribution in [-0.2, 0) is 13.2 Å². The highest BCUT2D eigenvalue weighted by molar-refractivity contribution is 7.99. The number of aliphatic hydroxyl groups excluding tert-OH is 2. The summed E-state index contributed by atoms with van der Waals surface area (Å²) < 4.78 is 0. The van der Waals surface area contributed by atoms with E-state index in [-0.39, 0.29) is 18.8 Å². The summed E-state index contributed by atoms with van der Waals surface area (Å²) in [5.74, 6) is 1.29. The van der Waals surface area contributed by atoms with Crippen molar-refractivity contribution in [1.82, 2.24) is 9.97 Å². The number of rotatable bonds is 8. The van der Waals surface area contributed by atoms with E-state index in [1.54, 1.807) is 11.8 Å². The van der Waals surface area contributed by atoms with Crippen molar-refractivity contribution in [3.05, 3.63) is 83.9 Å². The Kier molecular flexibility index (Phi) is 6.94. The van der Waals surface area contributed by atoms with Gasteiger partial charge in [0.15, 0.2) is 0 Å². The average molecular weight is 473 g/mol. The molecule has 0 saturated heterocycles. The standard InChI is InChI=1S/C27H28N4O2S/c32-17-19-9-2-6-15-25(19)34-24-14-5-1-8-18(24)16-28-27-30-21-11-4-3-10-20(21)26(31-27)29-22-12-7-13-23(22)33/h1-6,8-11,14-15,22-23,32-33H,7,12-13,16-17H2,(H2,28,29,30,31)/t22-,23-/m0/s1. The zero-order valence-electron chi connectivity index (χ0n) is 18.8. The van der Waals surface area contributed by atoms with Crippen molar-refractivity contribution in [2.75, 3.05) is 10.6 Å². The number of hydrogen-bond donors (Lipinski definition) is 4. The fraction of sp³-hybridized carbons (Fsp3) is 0.259. The third-order valence-electron chi connectivity index (χ3n) is 6.18. The second-order valence-corrected chi connectivity index (χ2v) is 9.58. The summed E-state index contributed by atoms with van der Waals surface area (Å²) in [6.07, 6.45) is 2.42. The van der Waals surface area contributed by atoms with Gasteiger partial charge in [0, 0.05) is 21.7 Å². The SMILES string of the molecule is OCc1ccccc1Sc1ccccc1CNc1nc(N[C@H]2CCC[C@@H]2O)c2ccccc2n1. The van der Waals surface area contributed by atoms with Crippen molar-refractivity contribution in [2.24, 2.45) is 0 Å². The van der Waals surface area contributed by atoms with Crippen molar-refractivity contribution >= 4 is 34.4 Å². The molecule has 2 atom stereocenters. The fourth-order valence-electron chi connectivity index (χ4n) is 4.33. The Morgan fingerprint density at radius 2 is 1.56 bits per heavy atom. The van der Waals surface area contributed by atoms with Gasteiger partial charge in [-0.3, -0.25) is 0 Å². The Balaban J connectivity index is 1.38. The molecule has 1 fully saturated rings. The molecule has 0 unspecified atom stereocenters. The minimum absolute atomic E-state index is 0.00914. The molecule has 1 aliphatic carbocycles. The van der Waals surface area contributed by atoms with Gasteiger partial charge in [-0.1, -0.05) is 60.3 Å². The molecule has 0 aliphatic heterocycles. The van der Waals surface area contributed by atoms with Gasteiger partial charge in [-0.05, 0) is 54.7 Å². The van der Waals surface area contributed by atoms with E-state index in [9.17, 15) is 10.2 Å². The van der Waals surface area contributed by atoms with E-state index in [0.717, 1.165) is 56.9 Å². The van der Waals surface area contributed by atoms with Crippen LogP contribution < -0.4 is 10.6 Å². The molecule has 1 aromatic heterocycles. The Hall–Kier alpha value is -3.13. The Morgan fingerprint density at radius 1 is 0.853 bits per heavy atom. The van der Waals surface area contributed by atoms with Crippen molar-refractivity contribution in [2.45, 2.75) is 54.4 Å². The van der Waals surface area contributed by atoms with Gasteiger partial charge in [0.1, 0.15) is 5.82 Å². The van der Waals surface area contributed by atoms with E-state index >= 15 is 0 Å². The van der Waals surface area contributed by atoms with Crippen LogP contribution in [0.1, 0.15) is 30.4 Å². The number of anilines is 2. The van der Waals surface area contributed by atoms with Crippen LogP contribution in [0.3, 0.4) is 0 Å². The van der Waals surface area contributed by atoms with Gasteiger partial charge in [0.2, 0.25) is 5.95 Å². The van der Waals surface area contributed by atoms with Crippen LogP contribution in [0.2, 0.25) is 0 Å². The largest absolute Gasteiger partial charge is 0.392 e. The smallest absolute Gasteiger partial charge is 0.225 e. The van der Waals surface area contributed by atoms with Crippen LogP contribution in [0.15, 0.2) is 82.6 Å². The lowest BCUT2D eigenvalue weighted by Gasteiger charge is -2.19. The van der Waals surface area contributed by atoms with Crippen molar-refractivity contribution in [3.8, 4) is 0 Å². The van der Waals surface area contributed by atoms with Crippen LogP contribution >= 0.6 is 11.8 Å². The molecule has 1 heterocycles. The second kappa shape index (κ2) is 10.4. The van der Waals surface area contributed by atoms with E-state index < -0.39 is 0 Å². The Bertz CT molecular complexity index is 1280. The molecule has 0 radical (unpaired) electrons. The first-order valence-corrected chi connectivity index (χ1v) is 12.4. The third-order valence-corrected chi connectivity index (χ3v) is 7.41. The molecule has 6 nitrogen and oxygen atoms in total. The predicted octanol–water partition coefficient (Wildman–Crippen LogP) is 5.21. The highest BCUT2D eigenvalue weighted by Gasteiger charge is 2.26. The topological polar surface area (TPSA) is 90.3 Å². The van der Waals surface area contributed by atoms with Crippen LogP contribution in [0, 0.1) is 0 Å². The molecule has 4 aromatic rings. The highest BCUT2D eigenvalue weighted by atomic mass is 32.2. The maximum absolute atomic E-state index is 10.3. The molecular weight excluding hydrogens is 444 g/mol. The molecule has 4 N–H and O–H groups in total. The van der Waals surface area contributed by atoms with Crippen molar-refractivity contribution in [1.29, 1.82) is 0 Å². The molecule has 174 valence electrons. The fourth-order valence-corrected chi connectivity index (χ4v) is 5.39. The zero-order chi connectivity index (χ0) is 23.3. The number of aliphatic hydroxyl groups is 2. The van der Waals surface area contributed by atoms with E-state index in [1.165, 1.54) is 0 Å². The molecule has 3 aromatic carbocycles. The molecule has 1 saturated carbocycles. The number of aromatic nitrogens is 2. The molecular formula is C27H28N4O2S. The first-order valence-electron chi connectivity index (χ1n) is 11.6. The number of fused-ring (bicyclic) bond motifs is 1. The summed E-state index contributed by atoms with van der Waals surface area (Å²) in [6.45, 7) is 0.578. The zero-order valence-corrected chi connectivity index (χ0v) is 19.6. The lowest BCUT2D eigenvalue weighted by Crippen LogP contribution is -2.28. The van der Waals surface area contributed by atoms with Gasteiger partial charge >= 0.3 is 0 Å². The second-order valence-electron chi connectivity index (χ2n) is 8.49. The minimum atomic E-state index is -0.351. The Labute approximate surface area is 203 Å². The molecule has 7 heteroatoms. The van der Waals surface area contributed by atoms with Gasteiger partial charge < -0.3 is 20.8 Å². The van der Waals surface area contributed by atoms with Crippen LogP contribution in [0.25, 0.3) is 10.9 Å². The number of para-hydroxylation sites is 1. The first-order chi connectivity index (χ1) is 16.7. The summed E-state index contributed by atoms with van der Waals surface area (Å²) in [7, 11) is 0. The predicted molar refractivity (Wildman–Crippen MR) is 137 cm³/mol. The molecule has 0 bridgehead atoms. The summed E-state index contributed by atoms with van der Waals surface area (Å²) in [4.78, 5) is 11.6. The molecule has 0 amide bonds. The lowest BCUT2D eigenvalue weighted by molar-refractivity contribution is 0.171. The van der Waals surface area contributed by atoms with Gasteiger partial charge in [0.25, 0.3) is 0 Å². The van der Waals surface area contributed by atoms with E-state index in [0.29, 0.717) is 12.5 Å². The summed E-state index contributed by atoms with van der Waals surface area (Å²) in [6, 6.07) is 24.1. The van der Waals surface area contributed by atoms with Crippen LogP contribution in [-0.4, -0.2) is 32.3 Å². The number of benzene rings is 3. The number of nitrogens with zero attached hydrogens (tertiary/aromatic N) is 2. The summed E-state index contributed by atoms with van der Waals surface area (Å²) in [5.41, 5.74) is 2.89. The van der Waals surface area contributed by atoms with Crippen LogP contribution in [0.4, 0.5) is 11.8 Å². The number of hydrogen-bond acceptors (Lipinski definition) is 7. The monoisotopic (exact) mass is 472 g/mol. The maximum atomic E-state index is 10.3. The van der Waals surface area contributed by atoms with E-state index in [2.05, 4.69) is 22.8 Å². The average Bonchev–Trinajstić information content (AvgIpc) is 3.28. The quantitative estimate of drug-likeness (QED) is 0.280. The lowest BCUT2D eigenvalue weighted by atomic mass is 10.2.